The van der Waals surface area contributed by atoms with E-state index in [0.717, 1.165) is 58.3 Å². The molecule has 2 heterocycles. The minimum absolute atomic E-state index is 0.205. The van der Waals surface area contributed by atoms with Crippen LogP contribution in [0.3, 0.4) is 0 Å². The van der Waals surface area contributed by atoms with Gasteiger partial charge in [-0.1, -0.05) is 13.8 Å². The molecule has 0 spiro atoms. The molecule has 0 aromatic heterocycles. The van der Waals surface area contributed by atoms with E-state index in [1.807, 2.05) is 11.8 Å². The Balaban J connectivity index is 1.77. The fourth-order valence-corrected chi connectivity index (χ4v) is 3.13. The van der Waals surface area contributed by atoms with Crippen molar-refractivity contribution < 1.29 is 9.59 Å². The van der Waals surface area contributed by atoms with Gasteiger partial charge in [-0.2, -0.15) is 0 Å². The van der Waals surface area contributed by atoms with Crippen LogP contribution in [0.2, 0.25) is 0 Å². The number of likely N-dealkylation sites (tertiary alicyclic amines) is 2. The van der Waals surface area contributed by atoms with Gasteiger partial charge in [0.2, 0.25) is 5.91 Å². The molecular formula is C15H26N2O2. The number of carbonyl (C=O) groups excluding carboxylic acids is 2. The maximum atomic E-state index is 12.3. The van der Waals surface area contributed by atoms with Gasteiger partial charge in [-0.25, -0.2) is 0 Å². The largest absolute Gasteiger partial charge is 0.343 e. The van der Waals surface area contributed by atoms with Gasteiger partial charge in [-0.3, -0.25) is 4.79 Å². The summed E-state index contributed by atoms with van der Waals surface area (Å²) in [6.07, 6.45) is 4.53. The number of amides is 1. The van der Waals surface area contributed by atoms with Crippen LogP contribution in [-0.2, 0) is 9.59 Å². The van der Waals surface area contributed by atoms with Gasteiger partial charge in [0, 0.05) is 31.5 Å². The highest BCUT2D eigenvalue weighted by Gasteiger charge is 2.32. The van der Waals surface area contributed by atoms with E-state index >= 15 is 0 Å². The second kappa shape index (κ2) is 6.04. The molecule has 2 fully saturated rings. The molecule has 0 saturated carbocycles. The first-order chi connectivity index (χ1) is 9.06. The summed E-state index contributed by atoms with van der Waals surface area (Å²) in [7, 11) is 0. The van der Waals surface area contributed by atoms with E-state index in [4.69, 9.17) is 0 Å². The predicted octanol–water partition coefficient (Wildman–Crippen LogP) is 1.55. The molecule has 0 N–H and O–H groups in total. The van der Waals surface area contributed by atoms with E-state index in [-0.39, 0.29) is 11.3 Å². The Kier molecular flexibility index (Phi) is 4.61. The van der Waals surface area contributed by atoms with Crippen molar-refractivity contribution in [3.63, 3.8) is 0 Å². The lowest BCUT2D eigenvalue weighted by Crippen LogP contribution is -2.43. The second-order valence-electron chi connectivity index (χ2n) is 6.40. The molecule has 0 radical (unpaired) electrons. The molecule has 19 heavy (non-hydrogen) atoms. The maximum Gasteiger partial charge on any atom is 0.222 e. The summed E-state index contributed by atoms with van der Waals surface area (Å²) in [5.74, 6) is 0.822. The zero-order valence-electron chi connectivity index (χ0n) is 12.2. The molecule has 2 aliphatic heterocycles. The van der Waals surface area contributed by atoms with Crippen LogP contribution in [0.15, 0.2) is 0 Å². The van der Waals surface area contributed by atoms with Crippen LogP contribution in [-0.4, -0.2) is 54.7 Å². The Morgan fingerprint density at radius 1 is 1.32 bits per heavy atom. The number of piperidine rings is 1. The predicted molar refractivity (Wildman–Crippen MR) is 74.8 cm³/mol. The molecule has 2 rings (SSSR count). The molecule has 1 amide bonds. The Labute approximate surface area is 116 Å². The highest BCUT2D eigenvalue weighted by Crippen LogP contribution is 2.29. The van der Waals surface area contributed by atoms with Crippen molar-refractivity contribution in [1.29, 1.82) is 0 Å². The van der Waals surface area contributed by atoms with E-state index in [0.29, 0.717) is 12.3 Å². The smallest absolute Gasteiger partial charge is 0.222 e. The van der Waals surface area contributed by atoms with Crippen LogP contribution in [0.25, 0.3) is 0 Å². The topological polar surface area (TPSA) is 40.6 Å². The Morgan fingerprint density at radius 2 is 2.00 bits per heavy atom. The molecule has 108 valence electrons. The lowest BCUT2D eigenvalue weighted by molar-refractivity contribution is -0.136. The Hall–Kier alpha value is -0.900. The summed E-state index contributed by atoms with van der Waals surface area (Å²) < 4.78 is 0. The lowest BCUT2D eigenvalue weighted by atomic mass is 9.82. The van der Waals surface area contributed by atoms with Crippen LogP contribution < -0.4 is 0 Å². The Bertz CT molecular complexity index is 335. The van der Waals surface area contributed by atoms with E-state index in [1.165, 1.54) is 0 Å². The minimum Gasteiger partial charge on any atom is -0.343 e. The highest BCUT2D eigenvalue weighted by atomic mass is 16.2. The standard InChI is InChI=1S/C15H26N2O2/c1-3-16-7-4-13(11-16)10-14(19)17-8-5-15(2,12-18)6-9-17/h12-13H,3-11H2,1-2H3. The van der Waals surface area contributed by atoms with Crippen molar-refractivity contribution in [3.05, 3.63) is 0 Å². The van der Waals surface area contributed by atoms with Crippen molar-refractivity contribution in [2.75, 3.05) is 32.7 Å². The number of aldehydes is 1. The number of rotatable bonds is 4. The van der Waals surface area contributed by atoms with E-state index in [2.05, 4.69) is 11.8 Å². The molecule has 0 aliphatic carbocycles. The number of carbonyl (C=O) groups is 2. The third-order valence-corrected chi connectivity index (χ3v) is 4.82. The van der Waals surface area contributed by atoms with Crippen LogP contribution in [0.4, 0.5) is 0 Å². The molecule has 4 nitrogen and oxygen atoms in total. The van der Waals surface area contributed by atoms with Gasteiger partial charge in [-0.05, 0) is 38.3 Å². The van der Waals surface area contributed by atoms with Gasteiger partial charge < -0.3 is 14.6 Å². The molecule has 2 saturated heterocycles. The normalized spacial score (nSPS) is 27.5. The molecule has 1 unspecified atom stereocenters. The molecular weight excluding hydrogens is 240 g/mol. The van der Waals surface area contributed by atoms with E-state index in [9.17, 15) is 9.59 Å². The average Bonchev–Trinajstić information content (AvgIpc) is 2.87. The van der Waals surface area contributed by atoms with Crippen molar-refractivity contribution >= 4 is 12.2 Å². The minimum atomic E-state index is -0.205. The van der Waals surface area contributed by atoms with Crippen LogP contribution in [0, 0.1) is 11.3 Å². The maximum absolute atomic E-state index is 12.3. The van der Waals surface area contributed by atoms with Crippen molar-refractivity contribution in [3.8, 4) is 0 Å². The van der Waals surface area contributed by atoms with Crippen molar-refractivity contribution in [2.45, 2.75) is 39.5 Å². The highest BCUT2D eigenvalue weighted by molar-refractivity contribution is 5.77. The first kappa shape index (κ1) is 14.5. The molecule has 4 heteroatoms. The van der Waals surface area contributed by atoms with Gasteiger partial charge in [0.25, 0.3) is 0 Å². The van der Waals surface area contributed by atoms with Crippen LogP contribution in [0.5, 0.6) is 0 Å². The van der Waals surface area contributed by atoms with E-state index < -0.39 is 0 Å². The second-order valence-corrected chi connectivity index (χ2v) is 6.40. The Morgan fingerprint density at radius 3 is 2.53 bits per heavy atom. The van der Waals surface area contributed by atoms with Crippen molar-refractivity contribution in [1.82, 2.24) is 9.80 Å². The number of nitrogens with zero attached hydrogens (tertiary/aromatic N) is 2. The summed E-state index contributed by atoms with van der Waals surface area (Å²) in [6, 6.07) is 0. The molecule has 0 aromatic rings. The molecule has 0 aromatic carbocycles. The number of hydrogen-bond donors (Lipinski definition) is 0. The van der Waals surface area contributed by atoms with Gasteiger partial charge in [0.05, 0.1) is 0 Å². The summed E-state index contributed by atoms with van der Waals surface area (Å²) in [4.78, 5) is 27.6. The summed E-state index contributed by atoms with van der Waals surface area (Å²) in [5, 5.41) is 0. The third kappa shape index (κ3) is 3.56. The first-order valence-corrected chi connectivity index (χ1v) is 7.53. The van der Waals surface area contributed by atoms with Crippen molar-refractivity contribution in [2.24, 2.45) is 11.3 Å². The monoisotopic (exact) mass is 266 g/mol. The zero-order chi connectivity index (χ0) is 13.9. The first-order valence-electron chi connectivity index (χ1n) is 7.53. The number of hydrogen-bond acceptors (Lipinski definition) is 3. The quantitative estimate of drug-likeness (QED) is 0.725. The zero-order valence-corrected chi connectivity index (χ0v) is 12.2. The third-order valence-electron chi connectivity index (χ3n) is 4.82. The summed E-state index contributed by atoms with van der Waals surface area (Å²) in [5.41, 5.74) is -0.205. The molecule has 1 atom stereocenters. The van der Waals surface area contributed by atoms with Gasteiger partial charge in [-0.15, -0.1) is 0 Å². The molecule has 2 aliphatic rings. The SMILES string of the molecule is CCN1CCC(CC(=O)N2CCC(C)(C=O)CC2)C1. The van der Waals surface area contributed by atoms with Gasteiger partial charge in [0.15, 0.2) is 0 Å². The fourth-order valence-electron chi connectivity index (χ4n) is 3.13. The average molecular weight is 266 g/mol. The summed E-state index contributed by atoms with van der Waals surface area (Å²) in [6.45, 7) is 8.97. The molecule has 0 bridgehead atoms. The van der Waals surface area contributed by atoms with Gasteiger partial charge in [0.1, 0.15) is 6.29 Å². The van der Waals surface area contributed by atoms with Crippen LogP contribution >= 0.6 is 0 Å². The summed E-state index contributed by atoms with van der Waals surface area (Å²) >= 11 is 0. The lowest BCUT2D eigenvalue weighted by Gasteiger charge is -2.36. The van der Waals surface area contributed by atoms with Gasteiger partial charge >= 0.3 is 0 Å². The van der Waals surface area contributed by atoms with Crippen LogP contribution in [0.1, 0.15) is 39.5 Å². The van der Waals surface area contributed by atoms with E-state index in [1.54, 1.807) is 0 Å². The fraction of sp³-hybridized carbons (Fsp3) is 0.867.